The third kappa shape index (κ3) is 2.10. The van der Waals surface area contributed by atoms with Gasteiger partial charge in [0, 0.05) is 12.5 Å². The van der Waals surface area contributed by atoms with E-state index in [0.29, 0.717) is 5.92 Å². The molecule has 0 bridgehead atoms. The molecule has 1 saturated carbocycles. The number of nitrogens with one attached hydrogen (secondary N) is 1. The van der Waals surface area contributed by atoms with Gasteiger partial charge in [0.2, 0.25) is 5.91 Å². The number of hydrogen-bond acceptors (Lipinski definition) is 1. The molecule has 0 aromatic heterocycles. The molecule has 2 atom stereocenters. The van der Waals surface area contributed by atoms with Gasteiger partial charge in [-0.3, -0.25) is 4.79 Å². The van der Waals surface area contributed by atoms with Crippen LogP contribution < -0.4 is 5.32 Å². The summed E-state index contributed by atoms with van der Waals surface area (Å²) in [6.07, 6.45) is 5.26. The van der Waals surface area contributed by atoms with E-state index in [1.807, 2.05) is 6.08 Å². The fraction of sp³-hybridized carbons (Fsp3) is 0.700. The van der Waals surface area contributed by atoms with Gasteiger partial charge in [0.15, 0.2) is 0 Å². The summed E-state index contributed by atoms with van der Waals surface area (Å²) in [4.78, 5) is 10.9. The van der Waals surface area contributed by atoms with Crippen LogP contribution in [0.4, 0.5) is 0 Å². The quantitative estimate of drug-likeness (QED) is 0.625. The van der Waals surface area contributed by atoms with E-state index in [-0.39, 0.29) is 11.4 Å². The van der Waals surface area contributed by atoms with Crippen molar-refractivity contribution < 1.29 is 4.79 Å². The van der Waals surface area contributed by atoms with Crippen molar-refractivity contribution in [3.63, 3.8) is 0 Å². The van der Waals surface area contributed by atoms with Crippen molar-refractivity contribution in [1.82, 2.24) is 5.32 Å². The molecule has 2 unspecified atom stereocenters. The summed E-state index contributed by atoms with van der Waals surface area (Å²) in [6, 6.07) is 0. The molecule has 0 saturated heterocycles. The third-order valence-electron chi connectivity index (χ3n) is 2.59. The Morgan fingerprint density at radius 3 is 2.83 bits per heavy atom. The highest BCUT2D eigenvalue weighted by Crippen LogP contribution is 2.34. The van der Waals surface area contributed by atoms with Crippen molar-refractivity contribution in [3.05, 3.63) is 12.7 Å². The average Bonchev–Trinajstić information content (AvgIpc) is 2.30. The Bertz CT molecular complexity index is 200. The number of carbonyl (C=O) groups excluding carboxylic acids is 1. The standard InChI is InChI=1S/C10H17NO/c1-4-9-5-6-10(3,7-9)11-8(2)12/h4,9H,1,5-7H2,2-3H3,(H,11,12). The van der Waals surface area contributed by atoms with E-state index >= 15 is 0 Å². The Balaban J connectivity index is 2.51. The van der Waals surface area contributed by atoms with Crippen molar-refractivity contribution in [2.75, 3.05) is 0 Å². The Morgan fingerprint density at radius 2 is 2.42 bits per heavy atom. The minimum Gasteiger partial charge on any atom is -0.351 e. The lowest BCUT2D eigenvalue weighted by Crippen LogP contribution is -2.42. The Morgan fingerprint density at radius 1 is 1.75 bits per heavy atom. The maximum atomic E-state index is 10.9. The fourth-order valence-electron chi connectivity index (χ4n) is 2.03. The van der Waals surface area contributed by atoms with Crippen molar-refractivity contribution in [2.24, 2.45) is 5.92 Å². The van der Waals surface area contributed by atoms with Crippen LogP contribution >= 0.6 is 0 Å². The molecule has 2 nitrogen and oxygen atoms in total. The van der Waals surface area contributed by atoms with E-state index in [1.54, 1.807) is 6.92 Å². The molecular formula is C10H17NO. The maximum absolute atomic E-state index is 10.9. The van der Waals surface area contributed by atoms with Gasteiger partial charge in [0.1, 0.15) is 0 Å². The van der Waals surface area contributed by atoms with Gasteiger partial charge in [0.05, 0.1) is 0 Å². The predicted octanol–water partition coefficient (Wildman–Crippen LogP) is 1.87. The summed E-state index contributed by atoms with van der Waals surface area (Å²) in [7, 11) is 0. The minimum atomic E-state index is 0.0185. The molecule has 2 heteroatoms. The zero-order valence-electron chi connectivity index (χ0n) is 7.89. The molecule has 1 aliphatic rings. The van der Waals surface area contributed by atoms with Gasteiger partial charge < -0.3 is 5.32 Å². The lowest BCUT2D eigenvalue weighted by Gasteiger charge is -2.24. The monoisotopic (exact) mass is 167 g/mol. The molecule has 0 aromatic carbocycles. The van der Waals surface area contributed by atoms with Gasteiger partial charge in [-0.25, -0.2) is 0 Å². The Hall–Kier alpha value is -0.790. The Labute approximate surface area is 74.0 Å². The van der Waals surface area contributed by atoms with Gasteiger partial charge in [-0.1, -0.05) is 6.08 Å². The summed E-state index contributed by atoms with van der Waals surface area (Å²) in [6.45, 7) is 7.46. The summed E-state index contributed by atoms with van der Waals surface area (Å²) in [5.41, 5.74) is 0.0185. The van der Waals surface area contributed by atoms with E-state index in [0.717, 1.165) is 19.3 Å². The summed E-state index contributed by atoms with van der Waals surface area (Å²) in [5, 5.41) is 3.00. The van der Waals surface area contributed by atoms with Crippen LogP contribution in [0.15, 0.2) is 12.7 Å². The first-order valence-electron chi connectivity index (χ1n) is 4.47. The zero-order valence-corrected chi connectivity index (χ0v) is 7.89. The molecule has 0 spiro atoms. The smallest absolute Gasteiger partial charge is 0.217 e. The molecule has 1 rings (SSSR count). The van der Waals surface area contributed by atoms with E-state index in [4.69, 9.17) is 0 Å². The molecule has 68 valence electrons. The van der Waals surface area contributed by atoms with E-state index in [2.05, 4.69) is 18.8 Å². The second-order valence-corrected chi connectivity index (χ2v) is 3.98. The highest BCUT2D eigenvalue weighted by atomic mass is 16.1. The van der Waals surface area contributed by atoms with Crippen molar-refractivity contribution >= 4 is 5.91 Å². The lowest BCUT2D eigenvalue weighted by atomic mass is 9.98. The van der Waals surface area contributed by atoms with Gasteiger partial charge in [-0.2, -0.15) is 0 Å². The number of amides is 1. The van der Waals surface area contributed by atoms with Crippen LogP contribution in [-0.4, -0.2) is 11.4 Å². The first-order valence-corrected chi connectivity index (χ1v) is 4.47. The van der Waals surface area contributed by atoms with Crippen molar-refractivity contribution in [3.8, 4) is 0 Å². The highest BCUT2D eigenvalue weighted by Gasteiger charge is 2.33. The van der Waals surface area contributed by atoms with Gasteiger partial charge in [0.25, 0.3) is 0 Å². The SMILES string of the molecule is C=CC1CCC(C)(NC(C)=O)C1. The minimum absolute atomic E-state index is 0.0185. The first-order chi connectivity index (χ1) is 5.56. The highest BCUT2D eigenvalue weighted by molar-refractivity contribution is 5.73. The summed E-state index contributed by atoms with van der Waals surface area (Å²) >= 11 is 0. The molecule has 1 N–H and O–H groups in total. The largest absolute Gasteiger partial charge is 0.351 e. The van der Waals surface area contributed by atoms with Crippen LogP contribution in [-0.2, 0) is 4.79 Å². The number of hydrogen-bond donors (Lipinski definition) is 1. The molecular weight excluding hydrogens is 150 g/mol. The molecule has 1 aliphatic carbocycles. The summed E-state index contributed by atoms with van der Waals surface area (Å²) < 4.78 is 0. The second kappa shape index (κ2) is 3.30. The van der Waals surface area contributed by atoms with E-state index in [9.17, 15) is 4.79 Å². The number of allylic oxidation sites excluding steroid dienone is 1. The van der Waals surface area contributed by atoms with Crippen LogP contribution in [0.2, 0.25) is 0 Å². The fourth-order valence-corrected chi connectivity index (χ4v) is 2.03. The molecule has 0 aromatic rings. The van der Waals surface area contributed by atoms with Gasteiger partial charge in [-0.15, -0.1) is 6.58 Å². The normalized spacial score (nSPS) is 34.7. The average molecular weight is 167 g/mol. The maximum Gasteiger partial charge on any atom is 0.217 e. The van der Waals surface area contributed by atoms with Crippen LogP contribution in [0, 0.1) is 5.92 Å². The van der Waals surface area contributed by atoms with Crippen LogP contribution in [0.1, 0.15) is 33.1 Å². The van der Waals surface area contributed by atoms with Crippen molar-refractivity contribution in [2.45, 2.75) is 38.6 Å². The van der Waals surface area contributed by atoms with Crippen LogP contribution in [0.25, 0.3) is 0 Å². The molecule has 1 amide bonds. The molecule has 0 radical (unpaired) electrons. The van der Waals surface area contributed by atoms with Gasteiger partial charge in [-0.05, 0) is 32.1 Å². The van der Waals surface area contributed by atoms with E-state index in [1.165, 1.54) is 0 Å². The van der Waals surface area contributed by atoms with Crippen LogP contribution in [0.5, 0.6) is 0 Å². The lowest BCUT2D eigenvalue weighted by molar-refractivity contribution is -0.120. The number of rotatable bonds is 2. The van der Waals surface area contributed by atoms with E-state index < -0.39 is 0 Å². The molecule has 0 heterocycles. The van der Waals surface area contributed by atoms with Crippen LogP contribution in [0.3, 0.4) is 0 Å². The molecule has 0 aliphatic heterocycles. The third-order valence-corrected chi connectivity index (χ3v) is 2.59. The predicted molar refractivity (Wildman–Crippen MR) is 49.8 cm³/mol. The molecule has 12 heavy (non-hydrogen) atoms. The summed E-state index contributed by atoms with van der Waals surface area (Å²) in [5.74, 6) is 0.657. The first kappa shape index (κ1) is 9.30. The topological polar surface area (TPSA) is 29.1 Å². The Kier molecular flexibility index (Phi) is 2.55. The van der Waals surface area contributed by atoms with Gasteiger partial charge >= 0.3 is 0 Å². The molecule has 1 fully saturated rings. The second-order valence-electron chi connectivity index (χ2n) is 3.98. The number of carbonyl (C=O) groups is 1. The zero-order chi connectivity index (χ0) is 9.19. The van der Waals surface area contributed by atoms with Crippen molar-refractivity contribution in [1.29, 1.82) is 0 Å².